The van der Waals surface area contributed by atoms with Gasteiger partial charge in [0, 0.05) is 50.8 Å². The van der Waals surface area contributed by atoms with Gasteiger partial charge in [-0.2, -0.15) is 0 Å². The molecule has 9 heteroatoms. The quantitative estimate of drug-likeness (QED) is 0.701. The number of likely N-dealkylation sites (tertiary alicyclic amines) is 1. The zero-order valence-corrected chi connectivity index (χ0v) is 17.3. The van der Waals surface area contributed by atoms with Gasteiger partial charge in [-0.3, -0.25) is 19.3 Å². The standard InChI is InChI=1S/C20H24N4O4S/c1-13(25)23-20-22-10-18(29-20)11-24-5-3-15(4-6-24)7-16-8-17(12-28-14(2)26)19(27)21-9-16/h7-10H,3-6,11-12H2,1-2H3,(H,21,27)(H,22,23,25). The Morgan fingerprint density at radius 2 is 2.10 bits per heavy atom. The van der Waals surface area contributed by atoms with E-state index in [9.17, 15) is 14.4 Å². The van der Waals surface area contributed by atoms with Gasteiger partial charge in [0.2, 0.25) is 5.91 Å². The van der Waals surface area contributed by atoms with Crippen LogP contribution in [0.3, 0.4) is 0 Å². The molecule has 0 spiro atoms. The minimum Gasteiger partial charge on any atom is -0.461 e. The Morgan fingerprint density at radius 1 is 1.34 bits per heavy atom. The van der Waals surface area contributed by atoms with Crippen molar-refractivity contribution in [1.29, 1.82) is 0 Å². The number of aromatic nitrogens is 2. The molecule has 1 amide bonds. The van der Waals surface area contributed by atoms with E-state index in [4.69, 9.17) is 4.74 Å². The fourth-order valence-corrected chi connectivity index (χ4v) is 4.01. The molecule has 0 atom stereocenters. The molecule has 3 heterocycles. The summed E-state index contributed by atoms with van der Waals surface area (Å²) in [6, 6.07) is 1.77. The molecule has 1 aliphatic heterocycles. The first-order valence-corrected chi connectivity index (χ1v) is 10.2. The largest absolute Gasteiger partial charge is 0.461 e. The van der Waals surface area contributed by atoms with Crippen molar-refractivity contribution < 1.29 is 14.3 Å². The molecule has 1 saturated heterocycles. The van der Waals surface area contributed by atoms with Crippen LogP contribution in [0, 0.1) is 0 Å². The molecule has 0 aliphatic carbocycles. The highest BCUT2D eigenvalue weighted by Gasteiger charge is 2.16. The maximum atomic E-state index is 11.9. The number of nitrogens with one attached hydrogen (secondary N) is 2. The molecule has 0 saturated carbocycles. The van der Waals surface area contributed by atoms with Crippen molar-refractivity contribution >= 4 is 34.4 Å². The number of piperidine rings is 1. The van der Waals surface area contributed by atoms with Gasteiger partial charge in [-0.15, -0.1) is 11.3 Å². The molecular weight excluding hydrogens is 392 g/mol. The number of aromatic amines is 1. The molecule has 0 bridgehead atoms. The van der Waals surface area contributed by atoms with E-state index in [2.05, 4.69) is 26.3 Å². The fourth-order valence-electron chi connectivity index (χ4n) is 3.11. The van der Waals surface area contributed by atoms with Crippen LogP contribution in [0.1, 0.15) is 42.7 Å². The van der Waals surface area contributed by atoms with Crippen LogP contribution in [0.4, 0.5) is 5.13 Å². The first-order chi connectivity index (χ1) is 13.9. The Morgan fingerprint density at radius 3 is 2.79 bits per heavy atom. The highest BCUT2D eigenvalue weighted by atomic mass is 32.1. The first-order valence-electron chi connectivity index (χ1n) is 9.38. The number of hydrogen-bond acceptors (Lipinski definition) is 7. The number of thiazole rings is 1. The maximum Gasteiger partial charge on any atom is 0.302 e. The van der Waals surface area contributed by atoms with E-state index >= 15 is 0 Å². The average molecular weight is 417 g/mol. The Kier molecular flexibility index (Phi) is 6.95. The van der Waals surface area contributed by atoms with Crippen LogP contribution >= 0.6 is 11.3 Å². The summed E-state index contributed by atoms with van der Waals surface area (Å²) in [5.41, 5.74) is 2.41. The van der Waals surface area contributed by atoms with Crippen molar-refractivity contribution in [2.45, 2.75) is 39.8 Å². The van der Waals surface area contributed by atoms with E-state index in [0.717, 1.165) is 42.9 Å². The van der Waals surface area contributed by atoms with Crippen LogP contribution in [0.2, 0.25) is 0 Å². The number of carbonyl (C=O) groups excluding carboxylic acids is 2. The van der Waals surface area contributed by atoms with Crippen molar-refractivity contribution in [2.75, 3.05) is 18.4 Å². The SMILES string of the molecule is CC(=O)Nc1ncc(CN2CCC(=Cc3c[nH]c(=O)c(COC(C)=O)c3)CC2)s1. The normalized spacial score (nSPS) is 14.5. The fraction of sp³-hybridized carbons (Fsp3) is 0.400. The van der Waals surface area contributed by atoms with Crippen LogP contribution in [-0.4, -0.2) is 39.8 Å². The first kappa shape index (κ1) is 20.9. The number of H-pyrrole nitrogens is 1. The van der Waals surface area contributed by atoms with E-state index in [-0.39, 0.29) is 18.1 Å². The smallest absolute Gasteiger partial charge is 0.302 e. The summed E-state index contributed by atoms with van der Waals surface area (Å²) in [6.45, 7) is 5.45. The predicted molar refractivity (Wildman–Crippen MR) is 111 cm³/mol. The van der Waals surface area contributed by atoms with Crippen molar-refractivity contribution in [1.82, 2.24) is 14.9 Å². The second-order valence-electron chi connectivity index (χ2n) is 6.96. The van der Waals surface area contributed by atoms with Crippen LogP contribution in [0.25, 0.3) is 6.08 Å². The summed E-state index contributed by atoms with van der Waals surface area (Å²) in [4.78, 5) is 44.3. The van der Waals surface area contributed by atoms with E-state index < -0.39 is 5.97 Å². The number of anilines is 1. The second kappa shape index (κ2) is 9.62. The van der Waals surface area contributed by atoms with Crippen molar-refractivity contribution in [2.24, 2.45) is 0 Å². The van der Waals surface area contributed by atoms with Crippen LogP contribution in [-0.2, 0) is 27.5 Å². The summed E-state index contributed by atoms with van der Waals surface area (Å²) in [6.07, 6.45) is 7.46. The average Bonchev–Trinajstić information content (AvgIpc) is 3.09. The lowest BCUT2D eigenvalue weighted by molar-refractivity contribution is -0.142. The lowest BCUT2D eigenvalue weighted by Crippen LogP contribution is -2.29. The minimum atomic E-state index is -0.411. The van der Waals surface area contributed by atoms with E-state index in [0.29, 0.717) is 10.7 Å². The highest BCUT2D eigenvalue weighted by Crippen LogP contribution is 2.24. The van der Waals surface area contributed by atoms with Gasteiger partial charge in [-0.05, 0) is 24.5 Å². The summed E-state index contributed by atoms with van der Waals surface area (Å²) >= 11 is 1.50. The molecule has 29 heavy (non-hydrogen) atoms. The van der Waals surface area contributed by atoms with Crippen LogP contribution < -0.4 is 10.9 Å². The summed E-state index contributed by atoms with van der Waals surface area (Å²) in [5.74, 6) is -0.525. The van der Waals surface area contributed by atoms with Gasteiger partial charge in [0.25, 0.3) is 5.56 Å². The second-order valence-corrected chi connectivity index (χ2v) is 8.07. The van der Waals surface area contributed by atoms with Gasteiger partial charge in [0.05, 0.1) is 5.56 Å². The number of ether oxygens (including phenoxy) is 1. The summed E-state index contributed by atoms with van der Waals surface area (Å²) < 4.78 is 4.93. The third kappa shape index (κ3) is 6.37. The predicted octanol–water partition coefficient (Wildman–Crippen LogP) is 2.53. The molecule has 2 N–H and O–H groups in total. The van der Waals surface area contributed by atoms with Gasteiger partial charge in [-0.25, -0.2) is 4.98 Å². The van der Waals surface area contributed by atoms with Gasteiger partial charge < -0.3 is 15.0 Å². The third-order valence-corrected chi connectivity index (χ3v) is 5.42. The highest BCUT2D eigenvalue weighted by molar-refractivity contribution is 7.15. The molecule has 2 aromatic heterocycles. The van der Waals surface area contributed by atoms with Crippen molar-refractivity contribution in [3.63, 3.8) is 0 Å². The maximum absolute atomic E-state index is 11.9. The molecule has 0 unspecified atom stereocenters. The number of pyridine rings is 1. The molecule has 1 aliphatic rings. The zero-order valence-electron chi connectivity index (χ0n) is 16.5. The number of hydrogen-bond donors (Lipinski definition) is 2. The van der Waals surface area contributed by atoms with Gasteiger partial charge in [-0.1, -0.05) is 11.6 Å². The number of esters is 1. The van der Waals surface area contributed by atoms with E-state index in [1.54, 1.807) is 12.3 Å². The van der Waals surface area contributed by atoms with E-state index in [1.807, 2.05) is 6.20 Å². The molecule has 0 aromatic carbocycles. The molecular formula is C20H24N4O4S. The molecule has 154 valence electrons. The van der Waals surface area contributed by atoms with Crippen molar-refractivity contribution in [3.8, 4) is 0 Å². The van der Waals surface area contributed by atoms with Crippen molar-refractivity contribution in [3.05, 3.63) is 50.4 Å². The Bertz CT molecular complexity index is 969. The molecule has 8 nitrogen and oxygen atoms in total. The number of nitrogens with zero attached hydrogens (tertiary/aromatic N) is 2. The molecule has 1 fully saturated rings. The lowest BCUT2D eigenvalue weighted by Gasteiger charge is -2.27. The van der Waals surface area contributed by atoms with Gasteiger partial charge in [0.1, 0.15) is 6.61 Å². The Balaban J connectivity index is 1.56. The zero-order chi connectivity index (χ0) is 20.8. The van der Waals surface area contributed by atoms with Crippen LogP contribution in [0.15, 0.2) is 28.8 Å². The van der Waals surface area contributed by atoms with Gasteiger partial charge in [0.15, 0.2) is 5.13 Å². The number of carbonyl (C=O) groups is 2. The van der Waals surface area contributed by atoms with Crippen LogP contribution in [0.5, 0.6) is 0 Å². The summed E-state index contributed by atoms with van der Waals surface area (Å²) in [5, 5.41) is 3.34. The van der Waals surface area contributed by atoms with Gasteiger partial charge >= 0.3 is 5.97 Å². The molecule has 3 rings (SSSR count). The molecule has 0 radical (unpaired) electrons. The Hall–Kier alpha value is -2.78. The Labute approximate surface area is 172 Å². The summed E-state index contributed by atoms with van der Waals surface area (Å²) in [7, 11) is 0. The minimum absolute atomic E-state index is 0.0230. The number of amides is 1. The van der Waals surface area contributed by atoms with E-state index in [1.165, 1.54) is 30.8 Å². The monoisotopic (exact) mass is 416 g/mol. The topological polar surface area (TPSA) is 104 Å². The third-order valence-electron chi connectivity index (χ3n) is 4.52. The number of rotatable bonds is 6. The lowest BCUT2D eigenvalue weighted by atomic mass is 10.0. The molecule has 2 aromatic rings.